The summed E-state index contributed by atoms with van der Waals surface area (Å²) in [4.78, 5) is 13.3. The molecule has 3 rings (SSSR count). The van der Waals surface area contributed by atoms with E-state index in [2.05, 4.69) is 25.8 Å². The molecular formula is C15H16Cl2N4. The van der Waals surface area contributed by atoms with Crippen LogP contribution in [0.3, 0.4) is 0 Å². The van der Waals surface area contributed by atoms with E-state index in [1.54, 1.807) is 12.4 Å². The van der Waals surface area contributed by atoms with Crippen LogP contribution < -0.4 is 9.80 Å². The first-order valence-electron chi connectivity index (χ1n) is 6.88. The lowest BCUT2D eigenvalue weighted by Crippen LogP contribution is -2.46. The van der Waals surface area contributed by atoms with Crippen molar-refractivity contribution in [3.63, 3.8) is 0 Å². The first-order valence-corrected chi connectivity index (χ1v) is 7.80. The molecule has 0 radical (unpaired) electrons. The van der Waals surface area contributed by atoms with Crippen LogP contribution in [0.25, 0.3) is 0 Å². The minimum atomic E-state index is 0.392. The van der Waals surface area contributed by atoms with Gasteiger partial charge in [0, 0.05) is 43.1 Å². The SMILES string of the molecule is ClCc1cncc(N2CCN(c3cccc(Cl)c3)CC2)n1. The van der Waals surface area contributed by atoms with Crippen LogP contribution in [0.4, 0.5) is 11.5 Å². The Morgan fingerprint density at radius 1 is 1.05 bits per heavy atom. The van der Waals surface area contributed by atoms with Crippen molar-refractivity contribution < 1.29 is 0 Å². The zero-order chi connectivity index (χ0) is 14.7. The van der Waals surface area contributed by atoms with Gasteiger partial charge in [0.25, 0.3) is 0 Å². The highest BCUT2D eigenvalue weighted by Crippen LogP contribution is 2.22. The van der Waals surface area contributed by atoms with Crippen molar-refractivity contribution in [1.82, 2.24) is 9.97 Å². The predicted octanol–water partition coefficient (Wildman–Crippen LogP) is 3.20. The van der Waals surface area contributed by atoms with E-state index in [9.17, 15) is 0 Å². The topological polar surface area (TPSA) is 32.3 Å². The third-order valence-electron chi connectivity index (χ3n) is 3.59. The lowest BCUT2D eigenvalue weighted by Gasteiger charge is -2.36. The molecule has 0 saturated carbocycles. The Bertz CT molecular complexity index is 612. The van der Waals surface area contributed by atoms with Gasteiger partial charge in [0.1, 0.15) is 5.82 Å². The van der Waals surface area contributed by atoms with Crippen LogP contribution in [0.15, 0.2) is 36.7 Å². The van der Waals surface area contributed by atoms with Gasteiger partial charge in [-0.2, -0.15) is 0 Å². The number of anilines is 2. The maximum atomic E-state index is 6.05. The smallest absolute Gasteiger partial charge is 0.147 e. The zero-order valence-electron chi connectivity index (χ0n) is 11.5. The van der Waals surface area contributed by atoms with E-state index < -0.39 is 0 Å². The molecule has 0 unspecified atom stereocenters. The summed E-state index contributed by atoms with van der Waals surface area (Å²) in [7, 11) is 0. The Kier molecular flexibility index (Phi) is 4.46. The molecule has 1 saturated heterocycles. The molecule has 6 heteroatoms. The number of hydrogen-bond donors (Lipinski definition) is 0. The lowest BCUT2D eigenvalue weighted by molar-refractivity contribution is 0.645. The molecule has 0 spiro atoms. The van der Waals surface area contributed by atoms with Crippen LogP contribution in [-0.4, -0.2) is 36.1 Å². The van der Waals surface area contributed by atoms with Gasteiger partial charge >= 0.3 is 0 Å². The number of benzene rings is 1. The number of alkyl halides is 1. The summed E-state index contributed by atoms with van der Waals surface area (Å²) in [6, 6.07) is 7.98. The average Bonchev–Trinajstić information content (AvgIpc) is 2.55. The van der Waals surface area contributed by atoms with Gasteiger partial charge in [0.05, 0.1) is 17.8 Å². The standard InChI is InChI=1S/C15H16Cl2N4/c16-9-13-10-18-11-15(19-13)21-6-4-20(5-7-21)14-3-1-2-12(17)8-14/h1-3,8,10-11H,4-7,9H2. The molecule has 21 heavy (non-hydrogen) atoms. The quantitative estimate of drug-likeness (QED) is 0.812. The molecule has 1 aliphatic rings. The van der Waals surface area contributed by atoms with Crippen molar-refractivity contribution in [2.45, 2.75) is 5.88 Å². The average molecular weight is 323 g/mol. The largest absolute Gasteiger partial charge is 0.368 e. The second-order valence-electron chi connectivity index (χ2n) is 4.96. The first-order chi connectivity index (χ1) is 10.3. The maximum Gasteiger partial charge on any atom is 0.147 e. The molecule has 2 aromatic rings. The molecule has 0 amide bonds. The normalized spacial score (nSPS) is 15.3. The zero-order valence-corrected chi connectivity index (χ0v) is 13.1. The van der Waals surface area contributed by atoms with E-state index in [0.29, 0.717) is 5.88 Å². The van der Waals surface area contributed by atoms with Crippen molar-refractivity contribution in [3.05, 3.63) is 47.4 Å². The summed E-state index contributed by atoms with van der Waals surface area (Å²) in [6.45, 7) is 3.69. The maximum absolute atomic E-state index is 6.05. The van der Waals surface area contributed by atoms with Gasteiger partial charge in [0.15, 0.2) is 0 Å². The lowest BCUT2D eigenvalue weighted by atomic mass is 10.2. The van der Waals surface area contributed by atoms with Crippen LogP contribution in [0.1, 0.15) is 5.69 Å². The molecule has 0 aliphatic carbocycles. The molecule has 2 heterocycles. The van der Waals surface area contributed by atoms with E-state index in [1.165, 1.54) is 5.69 Å². The molecule has 4 nitrogen and oxygen atoms in total. The van der Waals surface area contributed by atoms with Crippen LogP contribution in [0, 0.1) is 0 Å². The summed E-state index contributed by atoms with van der Waals surface area (Å²) < 4.78 is 0. The molecule has 1 fully saturated rings. The highest BCUT2D eigenvalue weighted by atomic mass is 35.5. The number of rotatable bonds is 3. The predicted molar refractivity (Wildman–Crippen MR) is 87.5 cm³/mol. The minimum Gasteiger partial charge on any atom is -0.368 e. The third-order valence-corrected chi connectivity index (χ3v) is 4.09. The molecule has 110 valence electrons. The fourth-order valence-electron chi connectivity index (χ4n) is 2.48. The van der Waals surface area contributed by atoms with Crippen molar-refractivity contribution >= 4 is 34.7 Å². The monoisotopic (exact) mass is 322 g/mol. The second-order valence-corrected chi connectivity index (χ2v) is 5.66. The van der Waals surface area contributed by atoms with Crippen LogP contribution in [-0.2, 0) is 5.88 Å². The van der Waals surface area contributed by atoms with Crippen molar-refractivity contribution in [2.75, 3.05) is 36.0 Å². The Hall–Kier alpha value is -1.52. The molecule has 1 aromatic carbocycles. The molecular weight excluding hydrogens is 307 g/mol. The van der Waals surface area contributed by atoms with Crippen LogP contribution in [0.2, 0.25) is 5.02 Å². The van der Waals surface area contributed by atoms with E-state index in [0.717, 1.165) is 42.7 Å². The fraction of sp³-hybridized carbons (Fsp3) is 0.333. The van der Waals surface area contributed by atoms with Gasteiger partial charge in [0.2, 0.25) is 0 Å². The first kappa shape index (κ1) is 14.4. The summed E-state index contributed by atoms with van der Waals surface area (Å²) in [5, 5.41) is 0.774. The number of nitrogens with zero attached hydrogens (tertiary/aromatic N) is 4. The fourth-order valence-corrected chi connectivity index (χ4v) is 2.79. The van der Waals surface area contributed by atoms with Gasteiger partial charge in [-0.05, 0) is 18.2 Å². The van der Waals surface area contributed by atoms with Gasteiger partial charge < -0.3 is 9.80 Å². The van der Waals surface area contributed by atoms with Crippen molar-refractivity contribution in [1.29, 1.82) is 0 Å². The third kappa shape index (κ3) is 3.39. The second kappa shape index (κ2) is 6.50. The van der Waals surface area contributed by atoms with E-state index in [-0.39, 0.29) is 0 Å². The molecule has 0 N–H and O–H groups in total. The number of hydrogen-bond acceptors (Lipinski definition) is 4. The summed E-state index contributed by atoms with van der Waals surface area (Å²) in [5.41, 5.74) is 1.98. The highest BCUT2D eigenvalue weighted by molar-refractivity contribution is 6.30. The summed E-state index contributed by atoms with van der Waals surface area (Å²) in [5.74, 6) is 1.29. The minimum absolute atomic E-state index is 0.392. The molecule has 1 aromatic heterocycles. The van der Waals surface area contributed by atoms with Crippen molar-refractivity contribution in [2.24, 2.45) is 0 Å². The molecule has 1 aliphatic heterocycles. The Morgan fingerprint density at radius 3 is 2.52 bits per heavy atom. The Balaban J connectivity index is 1.67. The van der Waals surface area contributed by atoms with Crippen LogP contribution in [0.5, 0.6) is 0 Å². The van der Waals surface area contributed by atoms with Gasteiger partial charge in [-0.3, -0.25) is 4.98 Å². The summed E-state index contributed by atoms with van der Waals surface area (Å²) >= 11 is 11.9. The van der Waals surface area contributed by atoms with Crippen molar-refractivity contribution in [3.8, 4) is 0 Å². The number of aromatic nitrogens is 2. The van der Waals surface area contributed by atoms with Gasteiger partial charge in [-0.15, -0.1) is 11.6 Å². The highest BCUT2D eigenvalue weighted by Gasteiger charge is 2.18. The van der Waals surface area contributed by atoms with Gasteiger partial charge in [-0.1, -0.05) is 17.7 Å². The Labute approximate surface area is 134 Å². The molecule has 0 atom stereocenters. The van der Waals surface area contributed by atoms with Crippen LogP contribution >= 0.6 is 23.2 Å². The van der Waals surface area contributed by atoms with Gasteiger partial charge in [-0.25, -0.2) is 4.98 Å². The van der Waals surface area contributed by atoms with E-state index >= 15 is 0 Å². The number of piperazine rings is 1. The Morgan fingerprint density at radius 2 is 1.81 bits per heavy atom. The molecule has 0 bridgehead atoms. The van der Waals surface area contributed by atoms with E-state index in [1.807, 2.05) is 18.2 Å². The van der Waals surface area contributed by atoms with E-state index in [4.69, 9.17) is 23.2 Å². The summed E-state index contributed by atoms with van der Waals surface area (Å²) in [6.07, 6.45) is 3.50. The number of halogens is 2.